The molecule has 1 fully saturated rings. The van der Waals surface area contributed by atoms with Crippen LogP contribution in [0.15, 0.2) is 48.5 Å². The van der Waals surface area contributed by atoms with Gasteiger partial charge in [0.05, 0.1) is 19.3 Å². The normalized spacial score (nSPS) is 15.9. The minimum absolute atomic E-state index is 0.00926. The second-order valence-corrected chi connectivity index (χ2v) is 7.06. The molecule has 2 aromatic rings. The number of rotatable bonds is 7. The molecule has 0 saturated carbocycles. The molecule has 0 spiro atoms. The van der Waals surface area contributed by atoms with Gasteiger partial charge in [-0.3, -0.25) is 9.69 Å². The summed E-state index contributed by atoms with van der Waals surface area (Å²) in [6.45, 7) is 8.08. The van der Waals surface area contributed by atoms with Crippen molar-refractivity contribution in [3.63, 3.8) is 0 Å². The van der Waals surface area contributed by atoms with E-state index in [1.807, 2.05) is 44.2 Å². The molecule has 3 rings (SSSR count). The van der Waals surface area contributed by atoms with Gasteiger partial charge >= 0.3 is 0 Å². The van der Waals surface area contributed by atoms with Gasteiger partial charge in [-0.1, -0.05) is 36.4 Å². The van der Waals surface area contributed by atoms with Crippen LogP contribution in [0.1, 0.15) is 22.7 Å². The molecule has 1 atom stereocenters. The highest BCUT2D eigenvalue weighted by molar-refractivity contribution is 5.78. The molecule has 0 unspecified atom stereocenters. The maximum Gasteiger partial charge on any atom is 0.258 e. The van der Waals surface area contributed by atoms with E-state index in [4.69, 9.17) is 9.47 Å². The van der Waals surface area contributed by atoms with Gasteiger partial charge in [0, 0.05) is 19.6 Å². The molecule has 1 amide bonds. The first-order valence-electron chi connectivity index (χ1n) is 9.45. The van der Waals surface area contributed by atoms with Crippen LogP contribution in [0, 0.1) is 13.8 Å². The number of carbonyl (C=O) groups excluding carboxylic acids is 1. The number of nitrogens with one attached hydrogen (secondary N) is 1. The highest BCUT2D eigenvalue weighted by atomic mass is 16.5. The summed E-state index contributed by atoms with van der Waals surface area (Å²) in [5.41, 5.74) is 3.35. The molecule has 5 heteroatoms. The number of amides is 1. The molecule has 1 N–H and O–H groups in total. The van der Waals surface area contributed by atoms with Gasteiger partial charge in [-0.05, 0) is 42.7 Å². The summed E-state index contributed by atoms with van der Waals surface area (Å²) in [7, 11) is 0. The number of hydrogen-bond donors (Lipinski definition) is 1. The monoisotopic (exact) mass is 368 g/mol. The zero-order chi connectivity index (χ0) is 19.1. The van der Waals surface area contributed by atoms with Crippen LogP contribution >= 0.6 is 0 Å². The van der Waals surface area contributed by atoms with E-state index in [1.54, 1.807) is 0 Å². The summed E-state index contributed by atoms with van der Waals surface area (Å²) in [6, 6.07) is 16.0. The van der Waals surface area contributed by atoms with Crippen molar-refractivity contribution >= 4 is 5.91 Å². The van der Waals surface area contributed by atoms with Crippen LogP contribution in [0.3, 0.4) is 0 Å². The number of benzene rings is 2. The van der Waals surface area contributed by atoms with Crippen molar-refractivity contribution in [2.75, 3.05) is 39.5 Å². The zero-order valence-electron chi connectivity index (χ0n) is 16.1. The van der Waals surface area contributed by atoms with E-state index in [9.17, 15) is 4.79 Å². The molecule has 1 aliphatic rings. The molecule has 0 aromatic heterocycles. The number of carbonyl (C=O) groups is 1. The predicted molar refractivity (Wildman–Crippen MR) is 106 cm³/mol. The van der Waals surface area contributed by atoms with Crippen LogP contribution < -0.4 is 10.1 Å². The minimum atomic E-state index is -0.115. The Kier molecular flexibility index (Phi) is 6.85. The molecule has 27 heavy (non-hydrogen) atoms. The van der Waals surface area contributed by atoms with Crippen molar-refractivity contribution < 1.29 is 14.3 Å². The first-order valence-corrected chi connectivity index (χ1v) is 9.45. The van der Waals surface area contributed by atoms with E-state index in [0.29, 0.717) is 0 Å². The fraction of sp³-hybridized carbons (Fsp3) is 0.409. The van der Waals surface area contributed by atoms with Gasteiger partial charge in [0.1, 0.15) is 5.75 Å². The number of aryl methyl sites for hydroxylation is 2. The molecular weight excluding hydrogens is 340 g/mol. The van der Waals surface area contributed by atoms with E-state index < -0.39 is 0 Å². The van der Waals surface area contributed by atoms with Crippen molar-refractivity contribution in [2.24, 2.45) is 0 Å². The third kappa shape index (κ3) is 6.08. The first kappa shape index (κ1) is 19.4. The van der Waals surface area contributed by atoms with Crippen LogP contribution in [0.25, 0.3) is 0 Å². The van der Waals surface area contributed by atoms with Gasteiger partial charge in [0.2, 0.25) is 0 Å². The Hall–Kier alpha value is -2.37. The standard InChI is InChI=1S/C22H28N2O3/c1-17-12-18(2)14-20(13-17)27-16-22(25)23-21(19-6-4-3-5-7-19)15-24-8-10-26-11-9-24/h3-7,12-14,21H,8-11,15-16H2,1-2H3,(H,23,25)/t21-/m0/s1. The van der Waals surface area contributed by atoms with Gasteiger partial charge in [-0.2, -0.15) is 0 Å². The summed E-state index contributed by atoms with van der Waals surface area (Å²) >= 11 is 0. The summed E-state index contributed by atoms with van der Waals surface area (Å²) < 4.78 is 11.1. The molecule has 0 radical (unpaired) electrons. The largest absolute Gasteiger partial charge is 0.484 e. The van der Waals surface area contributed by atoms with Gasteiger partial charge < -0.3 is 14.8 Å². The van der Waals surface area contributed by atoms with E-state index in [1.165, 1.54) is 0 Å². The molecule has 1 heterocycles. The van der Waals surface area contributed by atoms with Crippen molar-refractivity contribution in [3.8, 4) is 5.75 Å². The molecule has 0 aliphatic carbocycles. The molecule has 1 saturated heterocycles. The summed E-state index contributed by atoms with van der Waals surface area (Å²) in [5.74, 6) is 0.614. The maximum absolute atomic E-state index is 12.5. The van der Waals surface area contributed by atoms with Crippen molar-refractivity contribution in [1.29, 1.82) is 0 Å². The minimum Gasteiger partial charge on any atom is -0.484 e. The lowest BCUT2D eigenvalue weighted by atomic mass is 10.1. The van der Waals surface area contributed by atoms with Crippen LogP contribution in [0.4, 0.5) is 0 Å². The number of ether oxygens (including phenoxy) is 2. The lowest BCUT2D eigenvalue weighted by Gasteiger charge is -2.31. The predicted octanol–water partition coefficient (Wildman–Crippen LogP) is 2.87. The van der Waals surface area contributed by atoms with E-state index in [2.05, 4.69) is 28.4 Å². The van der Waals surface area contributed by atoms with Crippen LogP contribution in [0.5, 0.6) is 5.75 Å². The number of nitrogens with zero attached hydrogens (tertiary/aromatic N) is 1. The van der Waals surface area contributed by atoms with E-state index in [-0.39, 0.29) is 18.6 Å². The van der Waals surface area contributed by atoms with Gasteiger partial charge in [0.15, 0.2) is 6.61 Å². The van der Waals surface area contributed by atoms with Gasteiger partial charge in [0.25, 0.3) is 5.91 Å². The highest BCUT2D eigenvalue weighted by Crippen LogP contribution is 2.17. The van der Waals surface area contributed by atoms with Gasteiger partial charge in [-0.25, -0.2) is 0 Å². The molecule has 144 valence electrons. The summed E-state index contributed by atoms with van der Waals surface area (Å²) in [6.07, 6.45) is 0. The van der Waals surface area contributed by atoms with Crippen LogP contribution in [-0.4, -0.2) is 50.3 Å². The zero-order valence-corrected chi connectivity index (χ0v) is 16.1. The fourth-order valence-electron chi connectivity index (χ4n) is 3.36. The quantitative estimate of drug-likeness (QED) is 0.817. The summed E-state index contributed by atoms with van der Waals surface area (Å²) in [4.78, 5) is 14.9. The Morgan fingerprint density at radius 1 is 1.11 bits per heavy atom. The highest BCUT2D eigenvalue weighted by Gasteiger charge is 2.20. The topological polar surface area (TPSA) is 50.8 Å². The Morgan fingerprint density at radius 3 is 2.44 bits per heavy atom. The fourth-order valence-corrected chi connectivity index (χ4v) is 3.36. The van der Waals surface area contributed by atoms with Gasteiger partial charge in [-0.15, -0.1) is 0 Å². The van der Waals surface area contributed by atoms with Crippen LogP contribution in [0.2, 0.25) is 0 Å². The van der Waals surface area contributed by atoms with Crippen molar-refractivity contribution in [3.05, 3.63) is 65.2 Å². The van der Waals surface area contributed by atoms with E-state index in [0.717, 1.165) is 55.3 Å². The lowest BCUT2D eigenvalue weighted by Crippen LogP contribution is -2.44. The maximum atomic E-state index is 12.5. The first-order chi connectivity index (χ1) is 13.1. The third-order valence-electron chi connectivity index (χ3n) is 4.65. The second kappa shape index (κ2) is 9.53. The second-order valence-electron chi connectivity index (χ2n) is 7.06. The SMILES string of the molecule is Cc1cc(C)cc(OCC(=O)N[C@@H](CN2CCOCC2)c2ccccc2)c1. The Labute approximate surface area is 161 Å². The average molecular weight is 368 g/mol. The number of morpholine rings is 1. The van der Waals surface area contributed by atoms with Crippen molar-refractivity contribution in [2.45, 2.75) is 19.9 Å². The third-order valence-corrected chi connectivity index (χ3v) is 4.65. The smallest absolute Gasteiger partial charge is 0.258 e. The lowest BCUT2D eigenvalue weighted by molar-refractivity contribution is -0.124. The van der Waals surface area contributed by atoms with E-state index >= 15 is 0 Å². The Bertz CT molecular complexity index is 722. The van der Waals surface area contributed by atoms with Crippen LogP contribution in [-0.2, 0) is 9.53 Å². The summed E-state index contributed by atoms with van der Waals surface area (Å²) in [5, 5.41) is 3.13. The molecule has 5 nitrogen and oxygen atoms in total. The molecule has 2 aromatic carbocycles. The molecular formula is C22H28N2O3. The Morgan fingerprint density at radius 2 is 1.78 bits per heavy atom. The van der Waals surface area contributed by atoms with Crippen molar-refractivity contribution in [1.82, 2.24) is 10.2 Å². The molecule has 1 aliphatic heterocycles. The molecule has 0 bridgehead atoms. The Balaban J connectivity index is 1.61. The average Bonchev–Trinajstić information content (AvgIpc) is 2.67. The number of hydrogen-bond acceptors (Lipinski definition) is 4.